The average Bonchev–Trinajstić information content (AvgIpc) is 2.81. The van der Waals surface area contributed by atoms with Crippen molar-refractivity contribution in [2.24, 2.45) is 0 Å². The first-order valence-electron chi connectivity index (χ1n) is 9.69. The first kappa shape index (κ1) is 24.1. The van der Waals surface area contributed by atoms with Crippen LogP contribution < -0.4 is 14.8 Å². The molecule has 0 saturated heterocycles. The first-order valence-corrected chi connectivity index (χ1v) is 10.5. The average molecular weight is 488 g/mol. The Morgan fingerprint density at radius 1 is 0.939 bits per heavy atom. The minimum Gasteiger partial charge on any atom is -0.493 e. The maximum Gasteiger partial charge on any atom is 0.349 e. The van der Waals surface area contributed by atoms with Crippen molar-refractivity contribution in [1.82, 2.24) is 0 Å². The molecule has 170 valence electrons. The number of halogens is 2. The monoisotopic (exact) mass is 487 g/mol. The summed E-state index contributed by atoms with van der Waals surface area (Å²) >= 11 is 12.4. The predicted octanol–water partition coefficient (Wildman–Crippen LogP) is 5.25. The smallest absolute Gasteiger partial charge is 0.349 e. The van der Waals surface area contributed by atoms with Crippen molar-refractivity contribution in [2.45, 2.75) is 6.42 Å². The Hall–Kier alpha value is -3.55. The van der Waals surface area contributed by atoms with Crippen LogP contribution in [0.3, 0.4) is 0 Å². The zero-order chi connectivity index (χ0) is 23.8. The van der Waals surface area contributed by atoms with Gasteiger partial charge in [0.05, 0.1) is 29.3 Å². The molecule has 0 unspecified atom stereocenters. The van der Waals surface area contributed by atoms with Gasteiger partial charge in [0.15, 0.2) is 18.1 Å². The number of hydrogen-bond donors (Lipinski definition) is 1. The minimum absolute atomic E-state index is 0.101. The maximum atomic E-state index is 12.3. The molecule has 3 aromatic carbocycles. The van der Waals surface area contributed by atoms with E-state index in [1.165, 1.54) is 25.3 Å². The Labute approximate surface area is 200 Å². The molecule has 0 amide bonds. The van der Waals surface area contributed by atoms with Gasteiger partial charge in [-0.2, -0.15) is 0 Å². The van der Waals surface area contributed by atoms with Crippen molar-refractivity contribution in [2.75, 3.05) is 19.0 Å². The van der Waals surface area contributed by atoms with Gasteiger partial charge in [-0.15, -0.1) is 0 Å². The second-order valence-corrected chi connectivity index (χ2v) is 7.53. The van der Waals surface area contributed by atoms with Gasteiger partial charge in [-0.3, -0.25) is 9.59 Å². The highest BCUT2D eigenvalue weighted by atomic mass is 35.5. The van der Waals surface area contributed by atoms with Crippen LogP contribution in [0, 0.1) is 0 Å². The van der Waals surface area contributed by atoms with E-state index >= 15 is 0 Å². The number of carbonyl (C=O) groups is 3. The lowest BCUT2D eigenvalue weighted by molar-refractivity contribution is -0.153. The summed E-state index contributed by atoms with van der Waals surface area (Å²) in [7, 11) is 1.38. The number of carbonyl (C=O) groups excluding carboxylic acids is 3. The number of methoxy groups -OCH3 is 1. The van der Waals surface area contributed by atoms with E-state index in [1.807, 2.05) is 0 Å². The number of nitrogens with one attached hydrogen (secondary N) is 1. The molecule has 9 heteroatoms. The van der Waals surface area contributed by atoms with Crippen LogP contribution in [0.25, 0.3) is 0 Å². The summed E-state index contributed by atoms with van der Waals surface area (Å²) in [5.74, 6) is -1.11. The fourth-order valence-corrected chi connectivity index (χ4v) is 3.38. The third-order valence-electron chi connectivity index (χ3n) is 4.47. The molecule has 33 heavy (non-hydrogen) atoms. The van der Waals surface area contributed by atoms with Gasteiger partial charge < -0.3 is 19.5 Å². The molecule has 0 aliphatic carbocycles. The second kappa shape index (κ2) is 11.4. The van der Waals surface area contributed by atoms with Gasteiger partial charge in [-0.05, 0) is 42.0 Å². The van der Waals surface area contributed by atoms with Crippen molar-refractivity contribution < 1.29 is 28.6 Å². The van der Waals surface area contributed by atoms with Crippen LogP contribution in [0.2, 0.25) is 10.0 Å². The molecule has 0 bridgehead atoms. The molecule has 3 aromatic rings. The molecule has 0 saturated carbocycles. The Bertz CT molecular complexity index is 1160. The lowest BCUT2D eigenvalue weighted by atomic mass is 10.1. The Morgan fingerprint density at radius 3 is 2.36 bits per heavy atom. The van der Waals surface area contributed by atoms with E-state index in [9.17, 15) is 14.4 Å². The van der Waals surface area contributed by atoms with Crippen molar-refractivity contribution >= 4 is 52.8 Å². The van der Waals surface area contributed by atoms with Crippen molar-refractivity contribution in [3.8, 4) is 11.5 Å². The van der Waals surface area contributed by atoms with Crippen LogP contribution in [0.5, 0.6) is 11.5 Å². The summed E-state index contributed by atoms with van der Waals surface area (Å²) in [5, 5.41) is 3.99. The Morgan fingerprint density at radius 2 is 1.67 bits per heavy atom. The molecular weight excluding hydrogens is 469 g/mol. The van der Waals surface area contributed by atoms with Crippen LogP contribution in [0.4, 0.5) is 11.4 Å². The highest BCUT2D eigenvalue weighted by Crippen LogP contribution is 2.33. The molecule has 1 N–H and O–H groups in total. The first-order chi connectivity index (χ1) is 15.9. The molecule has 0 fully saturated rings. The van der Waals surface area contributed by atoms with E-state index in [2.05, 4.69) is 5.32 Å². The summed E-state index contributed by atoms with van der Waals surface area (Å²) < 4.78 is 15.3. The van der Waals surface area contributed by atoms with Gasteiger partial charge in [0.1, 0.15) is 6.29 Å². The highest BCUT2D eigenvalue weighted by molar-refractivity contribution is 6.39. The van der Waals surface area contributed by atoms with Crippen LogP contribution in [0.15, 0.2) is 60.7 Å². The Balaban J connectivity index is 1.60. The molecule has 0 heterocycles. The third-order valence-corrected chi connectivity index (χ3v) is 5.10. The van der Waals surface area contributed by atoms with E-state index in [0.717, 1.165) is 0 Å². The third kappa shape index (κ3) is 6.47. The number of aldehydes is 1. The van der Waals surface area contributed by atoms with Crippen molar-refractivity contribution in [1.29, 1.82) is 0 Å². The normalized spacial score (nSPS) is 10.3. The lowest BCUT2D eigenvalue weighted by Crippen LogP contribution is -2.20. The van der Waals surface area contributed by atoms with Gasteiger partial charge >= 0.3 is 11.9 Å². The number of para-hydroxylation sites is 2. The SMILES string of the molecule is COc1cc(C=O)ccc1OC(=O)COC(=O)Cc1ccccc1Nc1c(Cl)cccc1Cl. The van der Waals surface area contributed by atoms with Gasteiger partial charge in [-0.1, -0.05) is 47.5 Å². The van der Waals surface area contributed by atoms with Crippen LogP contribution in [0.1, 0.15) is 15.9 Å². The number of ether oxygens (including phenoxy) is 3. The zero-order valence-electron chi connectivity index (χ0n) is 17.5. The summed E-state index contributed by atoms with van der Waals surface area (Å²) in [6, 6.07) is 16.5. The predicted molar refractivity (Wildman–Crippen MR) is 125 cm³/mol. The van der Waals surface area contributed by atoms with Gasteiger partial charge in [0.2, 0.25) is 0 Å². The van der Waals surface area contributed by atoms with E-state index in [1.54, 1.807) is 42.5 Å². The second-order valence-electron chi connectivity index (χ2n) is 6.72. The fraction of sp³-hybridized carbons (Fsp3) is 0.125. The molecule has 3 rings (SSSR count). The molecule has 0 radical (unpaired) electrons. The number of benzene rings is 3. The lowest BCUT2D eigenvalue weighted by Gasteiger charge is -2.14. The summed E-state index contributed by atoms with van der Waals surface area (Å²) in [6.45, 7) is -0.594. The topological polar surface area (TPSA) is 90.9 Å². The fourth-order valence-electron chi connectivity index (χ4n) is 2.89. The largest absolute Gasteiger partial charge is 0.493 e. The molecule has 0 aliphatic heterocycles. The molecule has 7 nitrogen and oxygen atoms in total. The van der Waals surface area contributed by atoms with E-state index in [4.69, 9.17) is 37.4 Å². The van der Waals surface area contributed by atoms with E-state index < -0.39 is 18.5 Å². The van der Waals surface area contributed by atoms with Crippen molar-refractivity contribution in [3.63, 3.8) is 0 Å². The summed E-state index contributed by atoms with van der Waals surface area (Å²) in [6.07, 6.45) is 0.540. The number of esters is 2. The zero-order valence-corrected chi connectivity index (χ0v) is 19.0. The van der Waals surface area contributed by atoms with E-state index in [0.29, 0.717) is 38.8 Å². The Kier molecular flexibility index (Phi) is 8.29. The molecule has 0 atom stereocenters. The number of hydrogen-bond acceptors (Lipinski definition) is 7. The van der Waals surface area contributed by atoms with Crippen molar-refractivity contribution in [3.05, 3.63) is 81.8 Å². The van der Waals surface area contributed by atoms with Gasteiger partial charge in [0.25, 0.3) is 0 Å². The summed E-state index contributed by atoms with van der Waals surface area (Å²) in [5.41, 5.74) is 2.12. The molecule has 0 aromatic heterocycles. The quantitative estimate of drug-likeness (QED) is 0.250. The summed E-state index contributed by atoms with van der Waals surface area (Å²) in [4.78, 5) is 35.3. The standard InChI is InChI=1S/C24H19Cl2NO6/c1-31-21-11-15(13-28)9-10-20(21)33-23(30)14-32-22(29)12-16-5-2-3-8-19(16)27-24-17(25)6-4-7-18(24)26/h2-11,13,27H,12,14H2,1H3. The molecule has 0 aliphatic rings. The molecule has 0 spiro atoms. The van der Waals surface area contributed by atoms with Crippen LogP contribution in [-0.4, -0.2) is 31.9 Å². The number of anilines is 2. The maximum absolute atomic E-state index is 12.3. The van der Waals surface area contributed by atoms with Crippen LogP contribution >= 0.6 is 23.2 Å². The van der Waals surface area contributed by atoms with E-state index in [-0.39, 0.29) is 17.9 Å². The van der Waals surface area contributed by atoms with Crippen LogP contribution in [-0.2, 0) is 20.7 Å². The van der Waals surface area contributed by atoms with Gasteiger partial charge in [0, 0.05) is 11.3 Å². The van der Waals surface area contributed by atoms with Gasteiger partial charge in [-0.25, -0.2) is 4.79 Å². The minimum atomic E-state index is -0.797. The molecular formula is C24H19Cl2NO6. The highest BCUT2D eigenvalue weighted by Gasteiger charge is 2.16. The number of rotatable bonds is 9.